The van der Waals surface area contributed by atoms with Crippen LogP contribution in [0, 0.1) is 0 Å². The molecule has 0 rings (SSSR count). The minimum Gasteiger partial charge on any atom is -0.462 e. The molecular weight excluding hydrogens is 753 g/mol. The van der Waals surface area contributed by atoms with Crippen molar-refractivity contribution in [1.29, 1.82) is 0 Å². The number of nitrogens with two attached hydrogens (primary N) is 1. The predicted octanol–water partition coefficient (Wildman–Crippen LogP) is 12.5. The van der Waals surface area contributed by atoms with E-state index in [2.05, 4.69) is 49.5 Å². The topological polar surface area (TPSA) is 155 Å². The van der Waals surface area contributed by atoms with Gasteiger partial charge >= 0.3 is 19.8 Å². The Labute approximate surface area is 354 Å². The van der Waals surface area contributed by atoms with Gasteiger partial charge in [0, 0.05) is 26.0 Å². The number of allylic oxidation sites excluding steroid dienone is 8. The summed E-state index contributed by atoms with van der Waals surface area (Å²) in [4.78, 5) is 34.9. The third kappa shape index (κ3) is 43.5. The lowest BCUT2D eigenvalue weighted by Gasteiger charge is -2.19. The highest BCUT2D eigenvalue weighted by molar-refractivity contribution is 7.47. The molecule has 2 atom stereocenters. The smallest absolute Gasteiger partial charge is 0.462 e. The Hall–Kier alpha value is -2.07. The number of phosphoric acid groups is 1. The fourth-order valence-corrected chi connectivity index (χ4v) is 7.08. The fraction of sp³-hybridized carbons (Fsp3) is 0.787. The van der Waals surface area contributed by atoms with Gasteiger partial charge in [-0.05, 0) is 57.8 Å². The Morgan fingerprint density at radius 1 is 0.552 bits per heavy atom. The first kappa shape index (κ1) is 55.9. The SMILES string of the molecule is CCCCCCCCCCCCCCCCCCCCCC(=O)OC[C@H](COP(=O)(O)OCCN)OC(=O)CCC/C=C\C/C=C\C/C=C\C/C=C\CCCCCO. The van der Waals surface area contributed by atoms with Crippen molar-refractivity contribution in [3.8, 4) is 0 Å². The van der Waals surface area contributed by atoms with E-state index in [4.69, 9.17) is 29.4 Å². The van der Waals surface area contributed by atoms with Gasteiger partial charge in [0.05, 0.1) is 13.2 Å². The predicted molar refractivity (Wildman–Crippen MR) is 239 cm³/mol. The highest BCUT2D eigenvalue weighted by Gasteiger charge is 2.26. The van der Waals surface area contributed by atoms with Crippen LogP contribution in [0.3, 0.4) is 0 Å². The molecule has 0 aromatic carbocycles. The molecule has 1 unspecified atom stereocenters. The van der Waals surface area contributed by atoms with Crippen molar-refractivity contribution in [3.05, 3.63) is 48.6 Å². The van der Waals surface area contributed by atoms with Crippen LogP contribution in [0.15, 0.2) is 48.6 Å². The zero-order chi connectivity index (χ0) is 42.5. The summed E-state index contributed by atoms with van der Waals surface area (Å²) in [6.07, 6.45) is 48.8. The van der Waals surface area contributed by atoms with E-state index >= 15 is 0 Å². The molecule has 0 aliphatic carbocycles. The van der Waals surface area contributed by atoms with E-state index in [9.17, 15) is 19.0 Å². The Balaban J connectivity index is 4.17. The third-order valence-corrected chi connectivity index (χ3v) is 10.8. The van der Waals surface area contributed by atoms with Gasteiger partial charge in [-0.25, -0.2) is 4.57 Å². The van der Waals surface area contributed by atoms with Crippen LogP contribution in [-0.4, -0.2) is 61.0 Å². The van der Waals surface area contributed by atoms with Crippen molar-refractivity contribution in [2.75, 3.05) is 33.0 Å². The van der Waals surface area contributed by atoms with Crippen molar-refractivity contribution in [2.24, 2.45) is 5.73 Å². The van der Waals surface area contributed by atoms with Gasteiger partial charge in [-0.3, -0.25) is 18.6 Å². The molecule has 0 amide bonds. The van der Waals surface area contributed by atoms with Gasteiger partial charge < -0.3 is 25.2 Å². The van der Waals surface area contributed by atoms with Gasteiger partial charge in [0.1, 0.15) is 6.61 Å². The summed E-state index contributed by atoms with van der Waals surface area (Å²) in [5, 5.41) is 8.79. The van der Waals surface area contributed by atoms with Crippen LogP contribution in [0.4, 0.5) is 0 Å². The van der Waals surface area contributed by atoms with E-state index in [-0.39, 0.29) is 39.2 Å². The second-order valence-corrected chi connectivity index (χ2v) is 16.8. The molecule has 0 fully saturated rings. The molecule has 0 aliphatic rings. The Morgan fingerprint density at radius 2 is 0.983 bits per heavy atom. The molecule has 10 nitrogen and oxygen atoms in total. The van der Waals surface area contributed by atoms with E-state index in [1.807, 2.05) is 6.08 Å². The maximum absolute atomic E-state index is 12.6. The Kier molecular flexibility index (Phi) is 42.9. The van der Waals surface area contributed by atoms with Gasteiger partial charge in [0.15, 0.2) is 6.10 Å². The number of esters is 2. The van der Waals surface area contributed by atoms with Crippen LogP contribution < -0.4 is 5.73 Å². The van der Waals surface area contributed by atoms with E-state index in [0.29, 0.717) is 12.8 Å². The van der Waals surface area contributed by atoms with E-state index in [1.165, 1.54) is 103 Å². The summed E-state index contributed by atoms with van der Waals surface area (Å²) in [7, 11) is -4.40. The molecule has 0 aromatic rings. The number of aliphatic hydroxyl groups is 1. The summed E-state index contributed by atoms with van der Waals surface area (Å²) >= 11 is 0. The van der Waals surface area contributed by atoms with Crippen molar-refractivity contribution in [2.45, 2.75) is 206 Å². The van der Waals surface area contributed by atoms with Crippen LogP contribution in [0.2, 0.25) is 0 Å². The largest absolute Gasteiger partial charge is 0.472 e. The van der Waals surface area contributed by atoms with Crippen LogP contribution in [0.5, 0.6) is 0 Å². The molecule has 0 bridgehead atoms. The average molecular weight is 840 g/mol. The second kappa shape index (κ2) is 44.5. The molecule has 0 aliphatic heterocycles. The molecule has 0 aromatic heterocycles. The summed E-state index contributed by atoms with van der Waals surface area (Å²) in [5.41, 5.74) is 5.35. The molecule has 4 N–H and O–H groups in total. The number of carbonyl (C=O) groups is 2. The maximum atomic E-state index is 12.6. The minimum absolute atomic E-state index is 0.0398. The zero-order valence-corrected chi connectivity index (χ0v) is 37.6. The van der Waals surface area contributed by atoms with Gasteiger partial charge in [0.2, 0.25) is 0 Å². The molecule has 0 saturated carbocycles. The summed E-state index contributed by atoms with van der Waals surface area (Å²) in [5.74, 6) is -0.903. The van der Waals surface area contributed by atoms with Gasteiger partial charge in [-0.2, -0.15) is 0 Å². The number of hydrogen-bond donors (Lipinski definition) is 3. The molecule has 58 heavy (non-hydrogen) atoms. The number of ether oxygens (including phenoxy) is 2. The number of aliphatic hydroxyl groups excluding tert-OH is 1. The summed E-state index contributed by atoms with van der Waals surface area (Å²) < 4.78 is 32.8. The van der Waals surface area contributed by atoms with Crippen LogP contribution in [0.1, 0.15) is 200 Å². The Bertz CT molecular complexity index is 1090. The zero-order valence-electron chi connectivity index (χ0n) is 36.7. The first-order valence-corrected chi connectivity index (χ1v) is 24.7. The molecule has 11 heteroatoms. The highest BCUT2D eigenvalue weighted by Crippen LogP contribution is 2.43. The molecule has 338 valence electrons. The first-order valence-electron chi connectivity index (χ1n) is 23.2. The van der Waals surface area contributed by atoms with E-state index in [0.717, 1.165) is 64.2 Å². The molecule has 0 spiro atoms. The number of hydrogen-bond acceptors (Lipinski definition) is 9. The summed E-state index contributed by atoms with van der Waals surface area (Å²) in [6, 6.07) is 0. The number of unbranched alkanes of at least 4 members (excludes halogenated alkanes) is 22. The third-order valence-electron chi connectivity index (χ3n) is 9.77. The standard InChI is InChI=1S/C47H86NO9P/c1-2-3-4-5-6-7-8-9-10-11-12-14-17-20-23-26-29-32-35-38-46(50)54-43-45(44-56-58(52,53)55-42-40-48)57-47(51)39-36-33-30-27-24-21-18-15-13-16-19-22-25-28-31-34-37-41-49/h13,16,18,21-22,25,27,30,45,49H,2-12,14-15,17,19-20,23-24,26,28-29,31-44,48H2,1H3,(H,52,53)/b16-13-,21-18-,25-22-,30-27-/t45-/m1/s1. The van der Waals surface area contributed by atoms with Gasteiger partial charge in [-0.1, -0.05) is 178 Å². The van der Waals surface area contributed by atoms with Gasteiger partial charge in [0.25, 0.3) is 0 Å². The monoisotopic (exact) mass is 840 g/mol. The van der Waals surface area contributed by atoms with Crippen LogP contribution >= 0.6 is 7.82 Å². The minimum atomic E-state index is -4.40. The molecular formula is C47H86NO9P. The van der Waals surface area contributed by atoms with Crippen LogP contribution in [-0.2, 0) is 32.7 Å². The van der Waals surface area contributed by atoms with Crippen molar-refractivity contribution >= 4 is 19.8 Å². The van der Waals surface area contributed by atoms with Crippen LogP contribution in [0.25, 0.3) is 0 Å². The second-order valence-electron chi connectivity index (χ2n) is 15.4. The fourth-order valence-electron chi connectivity index (χ4n) is 6.31. The lowest BCUT2D eigenvalue weighted by atomic mass is 10.0. The number of rotatable bonds is 44. The normalized spacial score (nSPS) is 13.7. The van der Waals surface area contributed by atoms with E-state index < -0.39 is 32.5 Å². The highest BCUT2D eigenvalue weighted by atomic mass is 31.2. The molecule has 0 radical (unpaired) electrons. The van der Waals surface area contributed by atoms with E-state index in [1.54, 1.807) is 0 Å². The van der Waals surface area contributed by atoms with Crippen molar-refractivity contribution in [3.63, 3.8) is 0 Å². The summed E-state index contributed by atoms with van der Waals surface area (Å²) in [6.45, 7) is 1.69. The quantitative estimate of drug-likeness (QED) is 0.0234. The Morgan fingerprint density at radius 3 is 1.47 bits per heavy atom. The number of carbonyl (C=O) groups excluding carboxylic acids is 2. The van der Waals surface area contributed by atoms with Gasteiger partial charge in [-0.15, -0.1) is 0 Å². The number of phosphoric ester groups is 1. The lowest BCUT2D eigenvalue weighted by Crippen LogP contribution is -2.29. The molecule has 0 heterocycles. The van der Waals surface area contributed by atoms with Crippen molar-refractivity contribution < 1.29 is 42.7 Å². The van der Waals surface area contributed by atoms with Crippen molar-refractivity contribution in [1.82, 2.24) is 0 Å². The average Bonchev–Trinajstić information content (AvgIpc) is 3.21. The maximum Gasteiger partial charge on any atom is 0.472 e. The molecule has 0 saturated heterocycles. The lowest BCUT2D eigenvalue weighted by molar-refractivity contribution is -0.161. The first-order chi connectivity index (χ1) is 28.3.